The van der Waals surface area contributed by atoms with E-state index in [0.717, 1.165) is 0 Å². The van der Waals surface area contributed by atoms with E-state index in [4.69, 9.17) is 4.74 Å². The van der Waals surface area contributed by atoms with Gasteiger partial charge in [0.1, 0.15) is 35.1 Å². The van der Waals surface area contributed by atoms with Gasteiger partial charge in [-0.3, -0.25) is 23.9 Å². The molecule has 1 aromatic heterocycles. The average molecular weight is 745 g/mol. The number of amides is 4. The van der Waals surface area contributed by atoms with Crippen LogP contribution in [0, 0.1) is 17.8 Å². The average Bonchev–Trinajstić information content (AvgIpc) is 4.01. The highest BCUT2D eigenvalue weighted by atomic mass is 32.2. The first kappa shape index (κ1) is 37.2. The van der Waals surface area contributed by atoms with Crippen LogP contribution in [0.1, 0.15) is 65.7 Å². The van der Waals surface area contributed by atoms with Crippen molar-refractivity contribution in [1.29, 1.82) is 0 Å². The fourth-order valence-corrected chi connectivity index (χ4v) is 8.97. The molecule has 0 bridgehead atoms. The van der Waals surface area contributed by atoms with Crippen LogP contribution in [0.15, 0.2) is 41.2 Å². The van der Waals surface area contributed by atoms with Gasteiger partial charge in [0.2, 0.25) is 27.7 Å². The predicted octanol–water partition coefficient (Wildman–Crippen LogP) is 2.24. The van der Waals surface area contributed by atoms with Crippen LogP contribution in [0.3, 0.4) is 0 Å². The van der Waals surface area contributed by atoms with E-state index in [0.29, 0.717) is 30.0 Å². The van der Waals surface area contributed by atoms with Crippen LogP contribution in [0.25, 0.3) is 10.8 Å². The first-order valence-electron chi connectivity index (χ1n) is 17.7. The normalized spacial score (nSPS) is 30.3. The number of ether oxygens (including phenoxy) is 1. The third-order valence-electron chi connectivity index (χ3n) is 11.0. The lowest BCUT2D eigenvalue weighted by Crippen LogP contribution is -2.59. The molecular formula is C35H45FN6O9S. The first-order chi connectivity index (χ1) is 24.6. The van der Waals surface area contributed by atoms with E-state index in [1.165, 1.54) is 9.58 Å². The number of halogens is 1. The number of aryl methyl sites for hydroxylation is 1. The van der Waals surface area contributed by atoms with Gasteiger partial charge in [-0.1, -0.05) is 38.1 Å². The maximum Gasteiger partial charge on any atom is 0.405 e. The molecule has 4 N–H and O–H groups in total. The number of nitrogens with zero attached hydrogens (tertiary/aromatic N) is 3. The van der Waals surface area contributed by atoms with Crippen molar-refractivity contribution >= 4 is 44.6 Å². The largest absolute Gasteiger partial charge is 0.471 e. The number of alkyl halides is 1. The van der Waals surface area contributed by atoms with Crippen molar-refractivity contribution in [1.82, 2.24) is 30.0 Å². The molecule has 2 aliphatic carbocycles. The number of carbonyl (C=O) groups is 4. The number of hydrogen-bond acceptors (Lipinski definition) is 9. The van der Waals surface area contributed by atoms with Crippen molar-refractivity contribution in [3.05, 3.63) is 46.8 Å². The van der Waals surface area contributed by atoms with Gasteiger partial charge in [0.05, 0.1) is 17.3 Å². The topological polar surface area (TPSA) is 206 Å². The molecule has 0 spiro atoms. The Morgan fingerprint density at radius 1 is 1.13 bits per heavy atom. The highest BCUT2D eigenvalue weighted by Crippen LogP contribution is 2.48. The lowest BCUT2D eigenvalue weighted by Gasteiger charge is -2.32. The van der Waals surface area contributed by atoms with E-state index >= 15 is 0 Å². The lowest BCUT2D eigenvalue weighted by atomic mass is 9.88. The van der Waals surface area contributed by atoms with E-state index in [1.807, 2.05) is 17.7 Å². The minimum Gasteiger partial charge on any atom is -0.471 e. The predicted molar refractivity (Wildman–Crippen MR) is 186 cm³/mol. The van der Waals surface area contributed by atoms with Crippen molar-refractivity contribution in [2.75, 3.05) is 13.2 Å². The molecule has 3 heterocycles. The van der Waals surface area contributed by atoms with Crippen molar-refractivity contribution in [3.8, 4) is 5.88 Å². The molecule has 2 saturated carbocycles. The van der Waals surface area contributed by atoms with Crippen LogP contribution in [0.5, 0.6) is 5.88 Å². The summed E-state index contributed by atoms with van der Waals surface area (Å²) >= 11 is 0. The van der Waals surface area contributed by atoms with Crippen molar-refractivity contribution in [2.24, 2.45) is 17.8 Å². The summed E-state index contributed by atoms with van der Waals surface area (Å²) < 4.78 is 47.9. The summed E-state index contributed by atoms with van der Waals surface area (Å²) in [5, 5.41) is 20.0. The second kappa shape index (κ2) is 14.1. The van der Waals surface area contributed by atoms with E-state index in [9.17, 15) is 41.9 Å². The van der Waals surface area contributed by atoms with Crippen LogP contribution in [-0.4, -0.2) is 93.7 Å². The van der Waals surface area contributed by atoms with Gasteiger partial charge in [-0.15, -0.1) is 5.10 Å². The maximum absolute atomic E-state index is 14.4. The van der Waals surface area contributed by atoms with Gasteiger partial charge in [-0.2, -0.15) is 0 Å². The molecule has 17 heteroatoms. The number of nitrogens with one attached hydrogen (secondary N) is 3. The minimum absolute atomic E-state index is 0.0669. The number of fused-ring (bicyclic) bond motifs is 3. The highest BCUT2D eigenvalue weighted by Gasteiger charge is 2.64. The molecule has 4 aliphatic rings. The van der Waals surface area contributed by atoms with Crippen molar-refractivity contribution in [3.63, 3.8) is 0 Å². The minimum atomic E-state index is -4.40. The van der Waals surface area contributed by atoms with Gasteiger partial charge < -0.3 is 25.4 Å². The molecule has 6 rings (SSSR count). The summed E-state index contributed by atoms with van der Waals surface area (Å²) in [5.74, 6) is -3.28. The summed E-state index contributed by atoms with van der Waals surface area (Å²) in [6, 6.07) is 4.26. The van der Waals surface area contributed by atoms with Gasteiger partial charge in [0.15, 0.2) is 0 Å². The second-order valence-electron chi connectivity index (χ2n) is 14.7. The first-order valence-corrected chi connectivity index (χ1v) is 19.2. The third-order valence-corrected chi connectivity index (χ3v) is 13.1. The Morgan fingerprint density at radius 3 is 2.50 bits per heavy atom. The number of rotatable bonds is 8. The summed E-state index contributed by atoms with van der Waals surface area (Å²) in [6.07, 6.45) is 3.25. The zero-order valence-corrected chi connectivity index (χ0v) is 30.2. The van der Waals surface area contributed by atoms with E-state index < -0.39 is 80.8 Å². The van der Waals surface area contributed by atoms with Gasteiger partial charge in [0, 0.05) is 18.9 Å². The van der Waals surface area contributed by atoms with E-state index in [1.54, 1.807) is 44.2 Å². The number of carbonyl (C=O) groups excluding carboxylic acids is 3. The smallest absolute Gasteiger partial charge is 0.405 e. The molecule has 4 amide bonds. The Balaban J connectivity index is 1.36. The number of carboxylic acid groups (broad SMARTS) is 1. The number of allylic oxidation sites excluding steroid dienone is 1. The molecular weight excluding hydrogens is 699 g/mol. The molecule has 0 radical (unpaired) electrons. The molecule has 52 heavy (non-hydrogen) atoms. The summed E-state index contributed by atoms with van der Waals surface area (Å²) in [6.45, 7) is 4.45. The van der Waals surface area contributed by atoms with E-state index in [2.05, 4.69) is 15.7 Å². The molecule has 15 nitrogen and oxygen atoms in total. The SMILES string of the molecule is CCn1nc(O[C@@H]2C[C@H]3C(=O)N[C@]4(C(=O)NS(=O)(=O)C5(CF)CC5)C[C@H]4C=CCC[C@H](C)C[C@@H](C)[C@H](NC(=O)O)C(=O)N3C2)c2ccccc2c1=O. The highest BCUT2D eigenvalue weighted by molar-refractivity contribution is 7.91. The molecule has 282 valence electrons. The van der Waals surface area contributed by atoms with Crippen molar-refractivity contribution in [2.45, 2.75) is 101 Å². The second-order valence-corrected chi connectivity index (χ2v) is 16.8. The molecule has 1 saturated heterocycles. The zero-order valence-electron chi connectivity index (χ0n) is 29.3. The Kier molecular flexibility index (Phi) is 10.1. The van der Waals surface area contributed by atoms with Gasteiger partial charge in [0.25, 0.3) is 11.5 Å². The fraction of sp³-hybridized carbons (Fsp3) is 0.600. The van der Waals surface area contributed by atoms with Crippen LogP contribution in [0.4, 0.5) is 9.18 Å². The zero-order chi connectivity index (χ0) is 37.6. The number of aromatic nitrogens is 2. The quantitative estimate of drug-likeness (QED) is 0.290. The van der Waals surface area contributed by atoms with E-state index in [-0.39, 0.29) is 56.1 Å². The summed E-state index contributed by atoms with van der Waals surface area (Å²) in [7, 11) is -4.40. The van der Waals surface area contributed by atoms with Crippen LogP contribution < -0.4 is 25.7 Å². The molecule has 7 atom stereocenters. The molecule has 2 aromatic rings. The monoisotopic (exact) mass is 744 g/mol. The van der Waals surface area contributed by atoms with Crippen LogP contribution in [0.2, 0.25) is 0 Å². The molecule has 2 aliphatic heterocycles. The molecule has 0 unspecified atom stereocenters. The maximum atomic E-state index is 14.4. The standard InChI is InChI=1S/C35H45FN6O9S/c1-4-42-30(44)25-12-8-7-11-24(25)29(39-42)51-23-16-26-28(43)38-35(32(46)40-52(49,50)34(19-36)13-14-34)17-22(35)10-6-5-9-20(2)15-21(3)27(37-33(47)48)31(45)41(26)18-23/h6-8,10-12,20-23,26-27,37H,4-5,9,13-19H2,1-3H3,(H,38,43)(H,40,46)(H,47,48)/t20-,21+,22+,23+,26-,27-,35+/m0/s1. The van der Waals surface area contributed by atoms with Gasteiger partial charge in [-0.25, -0.2) is 22.3 Å². The number of sulfonamides is 1. The Hall–Kier alpha value is -4.54. The fourth-order valence-electron chi connectivity index (χ4n) is 7.55. The van der Waals surface area contributed by atoms with Gasteiger partial charge >= 0.3 is 6.09 Å². The molecule has 1 aromatic carbocycles. The Bertz CT molecular complexity index is 1970. The molecule has 3 fully saturated rings. The third kappa shape index (κ3) is 6.98. The lowest BCUT2D eigenvalue weighted by molar-refractivity contribution is -0.142. The summed E-state index contributed by atoms with van der Waals surface area (Å²) in [4.78, 5) is 68.6. The Labute approximate surface area is 300 Å². The van der Waals surface area contributed by atoms with Crippen LogP contribution >= 0.6 is 0 Å². The van der Waals surface area contributed by atoms with Crippen molar-refractivity contribution < 1.29 is 41.8 Å². The van der Waals surface area contributed by atoms with Crippen LogP contribution in [-0.2, 0) is 31.0 Å². The number of benzene rings is 1. The van der Waals surface area contributed by atoms with Gasteiger partial charge in [-0.05, 0) is 69.4 Å². The number of hydrogen-bond donors (Lipinski definition) is 4. The Morgan fingerprint density at radius 2 is 1.85 bits per heavy atom. The summed E-state index contributed by atoms with van der Waals surface area (Å²) in [5.41, 5.74) is -2.00.